The van der Waals surface area contributed by atoms with Crippen molar-refractivity contribution in [3.05, 3.63) is 22.3 Å². The second-order valence-electron chi connectivity index (χ2n) is 14.0. The fraction of sp³-hybridized carbons (Fsp3) is 0.824. The Hall–Kier alpha value is -1.38. The van der Waals surface area contributed by atoms with E-state index in [0.29, 0.717) is 29.2 Å². The minimum absolute atomic E-state index is 0.000785. The topological polar surface area (TPSA) is 120 Å². The molecule has 1 fully saturated rings. The predicted octanol–water partition coefficient (Wildman–Crippen LogP) is 6.05. The van der Waals surface area contributed by atoms with Gasteiger partial charge in [0.15, 0.2) is 0 Å². The molecule has 1 aromatic rings. The van der Waals surface area contributed by atoms with Gasteiger partial charge in [-0.3, -0.25) is 0 Å². The van der Waals surface area contributed by atoms with Crippen molar-refractivity contribution in [1.82, 2.24) is 0 Å². The number of rotatable bonds is 14. The average Bonchev–Trinajstić information content (AvgIpc) is 2.92. The van der Waals surface area contributed by atoms with E-state index in [4.69, 9.17) is 9.47 Å². The van der Waals surface area contributed by atoms with Gasteiger partial charge in [-0.1, -0.05) is 72.6 Å². The highest BCUT2D eigenvalue weighted by molar-refractivity contribution is 5.60. The first-order valence-corrected chi connectivity index (χ1v) is 16.1. The quantitative estimate of drug-likeness (QED) is 0.182. The summed E-state index contributed by atoms with van der Waals surface area (Å²) in [5.41, 5.74) is 2.30. The first-order chi connectivity index (χ1) is 19.3. The number of ether oxygens (including phenoxy) is 2. The van der Waals surface area contributed by atoms with Crippen molar-refractivity contribution >= 4 is 0 Å². The Kier molecular flexibility index (Phi) is 12.4. The third-order valence-corrected chi connectivity index (χ3v) is 9.82. The number of fused-ring (bicyclic) bond motifs is 1. The third-order valence-electron chi connectivity index (χ3n) is 9.82. The van der Waals surface area contributed by atoms with Gasteiger partial charge in [-0.2, -0.15) is 0 Å². The summed E-state index contributed by atoms with van der Waals surface area (Å²) in [6, 6.07) is 0. The van der Waals surface area contributed by atoms with Crippen LogP contribution in [0.4, 0.5) is 0 Å². The zero-order chi connectivity index (χ0) is 30.5. The van der Waals surface area contributed by atoms with Gasteiger partial charge in [0.1, 0.15) is 47.6 Å². The number of phenols is 1. The van der Waals surface area contributed by atoms with Crippen LogP contribution in [0.15, 0.2) is 0 Å². The van der Waals surface area contributed by atoms with Crippen molar-refractivity contribution in [2.75, 3.05) is 6.61 Å². The zero-order valence-corrected chi connectivity index (χ0v) is 26.7. The highest BCUT2D eigenvalue weighted by Crippen LogP contribution is 2.49. The molecule has 0 spiro atoms. The van der Waals surface area contributed by atoms with Gasteiger partial charge in [-0.25, -0.2) is 0 Å². The van der Waals surface area contributed by atoms with Crippen molar-refractivity contribution < 1.29 is 35.0 Å². The van der Waals surface area contributed by atoms with Crippen molar-refractivity contribution in [2.24, 2.45) is 17.8 Å². The summed E-state index contributed by atoms with van der Waals surface area (Å²) in [6.45, 7) is 14.8. The van der Waals surface area contributed by atoms with Crippen LogP contribution in [0.1, 0.15) is 127 Å². The van der Waals surface area contributed by atoms with Crippen LogP contribution in [0.5, 0.6) is 11.5 Å². The maximum absolute atomic E-state index is 11.2. The molecular formula is C34H58O7. The number of phenolic OH excluding ortho intramolecular Hbond substituents is 1. The molecule has 5 N–H and O–H groups in total. The molecule has 7 nitrogen and oxygen atoms in total. The molecule has 2 unspecified atom stereocenters. The molecule has 8 atom stereocenters. The van der Waals surface area contributed by atoms with Crippen molar-refractivity contribution in [3.63, 3.8) is 0 Å². The highest BCUT2D eigenvalue weighted by Gasteiger charge is 2.47. The van der Waals surface area contributed by atoms with E-state index in [1.54, 1.807) is 6.92 Å². The molecule has 0 aliphatic carbocycles. The minimum Gasteiger partial charge on any atom is -0.507 e. The number of aromatic hydroxyl groups is 1. The second-order valence-corrected chi connectivity index (χ2v) is 14.0. The molecule has 0 aromatic heterocycles. The summed E-state index contributed by atoms with van der Waals surface area (Å²) in [5.74, 6) is 3.02. The van der Waals surface area contributed by atoms with E-state index in [1.807, 2.05) is 6.92 Å². The molecular weight excluding hydrogens is 520 g/mol. The minimum atomic E-state index is -1.51. The average molecular weight is 579 g/mol. The molecule has 2 heterocycles. The molecule has 1 saturated heterocycles. The molecule has 1 aromatic carbocycles. The normalized spacial score (nSPS) is 29.7. The first kappa shape index (κ1) is 34.1. The maximum Gasteiger partial charge on any atom is 0.127 e. The van der Waals surface area contributed by atoms with Gasteiger partial charge < -0.3 is 35.0 Å². The lowest BCUT2D eigenvalue weighted by molar-refractivity contribution is -0.232. The van der Waals surface area contributed by atoms with E-state index in [1.165, 1.54) is 44.9 Å². The third kappa shape index (κ3) is 8.38. The van der Waals surface area contributed by atoms with E-state index in [-0.39, 0.29) is 11.4 Å². The molecule has 3 rings (SSSR count). The summed E-state index contributed by atoms with van der Waals surface area (Å²) >= 11 is 0. The first-order valence-electron chi connectivity index (χ1n) is 16.1. The molecule has 0 amide bonds. The second kappa shape index (κ2) is 14.9. The lowest BCUT2D eigenvalue weighted by atomic mass is 9.80. The summed E-state index contributed by atoms with van der Waals surface area (Å²) < 4.78 is 12.5. The SMILES string of the molecule is Cc1c(C)c2c(c([C@@H]3O[C@H](CO)[C@@H](O)[C@H](O)[C@H]3O)c1O)CC[C@@](C)(CCCC(C)CCCC(C)CCCC(C)C)O2. The van der Waals surface area contributed by atoms with E-state index in [0.717, 1.165) is 42.2 Å². The van der Waals surface area contributed by atoms with Crippen LogP contribution in [0.3, 0.4) is 0 Å². The van der Waals surface area contributed by atoms with Crippen LogP contribution in [-0.2, 0) is 11.2 Å². The molecule has 2 aliphatic rings. The number of hydrogen-bond acceptors (Lipinski definition) is 7. The van der Waals surface area contributed by atoms with Gasteiger partial charge in [-0.05, 0) is 75.3 Å². The van der Waals surface area contributed by atoms with Crippen LogP contribution in [0.25, 0.3) is 0 Å². The lowest BCUT2D eigenvalue weighted by Gasteiger charge is -2.43. The van der Waals surface area contributed by atoms with Gasteiger partial charge in [0, 0.05) is 11.1 Å². The Morgan fingerprint density at radius 1 is 0.829 bits per heavy atom. The van der Waals surface area contributed by atoms with E-state index in [9.17, 15) is 25.5 Å². The summed E-state index contributed by atoms with van der Waals surface area (Å²) in [7, 11) is 0. The number of benzene rings is 1. The number of hydrogen-bond donors (Lipinski definition) is 5. The van der Waals surface area contributed by atoms with Crippen LogP contribution in [-0.4, -0.2) is 62.2 Å². The fourth-order valence-electron chi connectivity index (χ4n) is 6.74. The van der Waals surface area contributed by atoms with Crippen LogP contribution < -0.4 is 4.74 Å². The van der Waals surface area contributed by atoms with Crippen molar-refractivity contribution in [3.8, 4) is 11.5 Å². The number of aliphatic hydroxyl groups excluding tert-OH is 4. The van der Waals surface area contributed by atoms with E-state index in [2.05, 4.69) is 34.6 Å². The van der Waals surface area contributed by atoms with Crippen molar-refractivity contribution in [1.29, 1.82) is 0 Å². The van der Waals surface area contributed by atoms with Crippen LogP contribution in [0, 0.1) is 31.6 Å². The predicted molar refractivity (Wildman–Crippen MR) is 162 cm³/mol. The van der Waals surface area contributed by atoms with Crippen molar-refractivity contribution in [2.45, 2.75) is 155 Å². The van der Waals surface area contributed by atoms with Gasteiger partial charge in [-0.15, -0.1) is 0 Å². The van der Waals surface area contributed by atoms with E-state index >= 15 is 0 Å². The van der Waals surface area contributed by atoms with Crippen LogP contribution >= 0.6 is 0 Å². The van der Waals surface area contributed by atoms with Gasteiger partial charge in [0.05, 0.1) is 6.61 Å². The lowest BCUT2D eigenvalue weighted by Crippen LogP contribution is -2.55. The van der Waals surface area contributed by atoms with Gasteiger partial charge >= 0.3 is 0 Å². The van der Waals surface area contributed by atoms with Gasteiger partial charge in [0.2, 0.25) is 0 Å². The molecule has 0 bridgehead atoms. The Bertz CT molecular complexity index is 977. The monoisotopic (exact) mass is 578 g/mol. The maximum atomic E-state index is 11.2. The van der Waals surface area contributed by atoms with Gasteiger partial charge in [0.25, 0.3) is 0 Å². The van der Waals surface area contributed by atoms with E-state index < -0.39 is 37.1 Å². The summed E-state index contributed by atoms with van der Waals surface area (Å²) in [4.78, 5) is 0. The Morgan fingerprint density at radius 3 is 2.00 bits per heavy atom. The molecule has 0 radical (unpaired) electrons. The largest absolute Gasteiger partial charge is 0.507 e. The molecule has 2 aliphatic heterocycles. The Balaban J connectivity index is 1.61. The number of aliphatic hydroxyl groups is 4. The standard InChI is InChI=1S/C34H58O7/c1-20(2)11-8-12-21(3)13-9-14-22(4)15-10-17-34(7)18-16-25-27(28(36)23(5)24(6)32(25)41-34)33-31(39)30(38)29(37)26(19-35)40-33/h20-22,26,29-31,33,35-39H,8-19H2,1-7H3/t21?,22?,26-,29-,30+,31-,33+,34-/m1/s1. The highest BCUT2D eigenvalue weighted by atomic mass is 16.5. The molecule has 0 saturated carbocycles. The fourth-order valence-corrected chi connectivity index (χ4v) is 6.74. The smallest absolute Gasteiger partial charge is 0.127 e. The molecule has 41 heavy (non-hydrogen) atoms. The Morgan fingerprint density at radius 2 is 1.41 bits per heavy atom. The molecule has 236 valence electrons. The summed E-state index contributed by atoms with van der Waals surface area (Å²) in [5, 5.41) is 52.3. The summed E-state index contributed by atoms with van der Waals surface area (Å²) in [6.07, 6.45) is 5.98. The zero-order valence-electron chi connectivity index (χ0n) is 26.7. The van der Waals surface area contributed by atoms with Crippen LogP contribution in [0.2, 0.25) is 0 Å². The molecule has 7 heteroatoms. The Labute approximate surface area is 248 Å².